The number of rotatable bonds is 5. The smallest absolute Gasteiger partial charge is 0.299 e. The molecule has 0 aliphatic heterocycles. The van der Waals surface area contributed by atoms with Crippen LogP contribution in [0.4, 0.5) is 5.95 Å². The molecule has 0 saturated heterocycles. The minimum Gasteiger partial charge on any atom is -0.299 e. The molecule has 0 fully saturated rings. The molecular weight excluding hydrogens is 332 g/mol. The van der Waals surface area contributed by atoms with Gasteiger partial charge in [0.25, 0.3) is 5.56 Å². The van der Waals surface area contributed by atoms with Crippen LogP contribution in [0.2, 0.25) is 0 Å². The van der Waals surface area contributed by atoms with Crippen LogP contribution in [0.5, 0.6) is 0 Å². The quantitative estimate of drug-likeness (QED) is 0.416. The summed E-state index contributed by atoms with van der Waals surface area (Å²) in [6.07, 6.45) is 3.77. The van der Waals surface area contributed by atoms with Crippen LogP contribution in [0.25, 0.3) is 11.2 Å². The molecule has 2 N–H and O–H groups in total. The molecule has 0 atom stereocenters. The summed E-state index contributed by atoms with van der Waals surface area (Å²) in [5.74, 6) is 0.389. The van der Waals surface area contributed by atoms with E-state index in [9.17, 15) is 9.59 Å². The maximum Gasteiger partial charge on any atom is 0.329 e. The Morgan fingerprint density at radius 1 is 1.31 bits per heavy atom. The van der Waals surface area contributed by atoms with E-state index in [1.165, 1.54) is 4.57 Å². The lowest BCUT2D eigenvalue weighted by Gasteiger charge is -2.06. The zero-order valence-electron chi connectivity index (χ0n) is 14.9. The summed E-state index contributed by atoms with van der Waals surface area (Å²) in [6, 6.07) is 9.72. The number of nitrogens with zero attached hydrogens (tertiary/aromatic N) is 4. The van der Waals surface area contributed by atoms with E-state index in [0.29, 0.717) is 23.7 Å². The molecule has 2 heterocycles. The summed E-state index contributed by atoms with van der Waals surface area (Å²) in [6.45, 7) is 4.20. The summed E-state index contributed by atoms with van der Waals surface area (Å²) < 4.78 is 3.00. The van der Waals surface area contributed by atoms with Crippen LogP contribution in [-0.4, -0.2) is 24.8 Å². The highest BCUT2D eigenvalue weighted by molar-refractivity contribution is 5.99. The fraction of sp³-hybridized carbons (Fsp3) is 0.222. The Kier molecular flexibility index (Phi) is 4.83. The van der Waals surface area contributed by atoms with Crippen molar-refractivity contribution in [3.05, 3.63) is 68.9 Å². The molecule has 0 amide bonds. The number of hydrogen-bond acceptors (Lipinski definition) is 5. The normalized spacial score (nSPS) is 12.2. The van der Waals surface area contributed by atoms with Crippen molar-refractivity contribution in [3.63, 3.8) is 0 Å². The number of aromatic amines is 1. The van der Waals surface area contributed by atoms with E-state index in [1.54, 1.807) is 11.6 Å². The van der Waals surface area contributed by atoms with Gasteiger partial charge in [-0.05, 0) is 19.4 Å². The van der Waals surface area contributed by atoms with Gasteiger partial charge in [0.2, 0.25) is 5.95 Å². The van der Waals surface area contributed by atoms with Crippen molar-refractivity contribution >= 4 is 22.8 Å². The molecule has 3 aromatic rings. The molecule has 0 spiro atoms. The van der Waals surface area contributed by atoms with Gasteiger partial charge in [0, 0.05) is 13.6 Å². The number of hydrazone groups is 1. The van der Waals surface area contributed by atoms with Crippen LogP contribution in [0.15, 0.2) is 57.2 Å². The standard InChI is InChI=1S/C18H20N6O2/c1-4-5-11-24-14-15(23(3)18(26)20-16(14)25)19-17(24)22-21-12(2)13-9-7-6-8-10-13/h4-10H,11H2,1-3H3,(H,19,22)(H,20,25,26)/b5-4+,21-12+. The minimum atomic E-state index is -0.506. The maximum absolute atomic E-state index is 12.3. The third-order valence-electron chi connectivity index (χ3n) is 4.05. The van der Waals surface area contributed by atoms with Crippen molar-refractivity contribution < 1.29 is 0 Å². The number of nitrogens with one attached hydrogen (secondary N) is 2. The van der Waals surface area contributed by atoms with Gasteiger partial charge in [-0.1, -0.05) is 42.5 Å². The summed E-state index contributed by atoms with van der Waals surface area (Å²) >= 11 is 0. The first kappa shape index (κ1) is 17.4. The predicted molar refractivity (Wildman–Crippen MR) is 103 cm³/mol. The lowest BCUT2D eigenvalue weighted by molar-refractivity contribution is 0.818. The molecule has 0 saturated carbocycles. The molecule has 26 heavy (non-hydrogen) atoms. The minimum absolute atomic E-state index is 0.304. The number of hydrogen-bond donors (Lipinski definition) is 2. The van der Waals surface area contributed by atoms with Gasteiger partial charge < -0.3 is 0 Å². The summed E-state index contributed by atoms with van der Waals surface area (Å²) in [5, 5.41) is 4.37. The maximum atomic E-state index is 12.3. The second-order valence-corrected chi connectivity index (χ2v) is 5.78. The molecule has 8 nitrogen and oxygen atoms in total. The molecule has 0 unspecified atom stereocenters. The van der Waals surface area contributed by atoms with Gasteiger partial charge in [-0.25, -0.2) is 10.2 Å². The average molecular weight is 352 g/mol. The van der Waals surface area contributed by atoms with Crippen molar-refractivity contribution in [1.82, 2.24) is 19.1 Å². The highest BCUT2D eigenvalue weighted by Crippen LogP contribution is 2.15. The highest BCUT2D eigenvalue weighted by atomic mass is 16.2. The van der Waals surface area contributed by atoms with Crippen LogP contribution in [0.1, 0.15) is 19.4 Å². The third-order valence-corrected chi connectivity index (χ3v) is 4.05. The van der Waals surface area contributed by atoms with Crippen molar-refractivity contribution in [2.45, 2.75) is 20.4 Å². The molecule has 0 bridgehead atoms. The Balaban J connectivity index is 2.10. The number of imidazole rings is 1. The summed E-state index contributed by atoms with van der Waals surface area (Å²) in [7, 11) is 1.57. The number of fused-ring (bicyclic) bond motifs is 1. The van der Waals surface area contributed by atoms with E-state index >= 15 is 0 Å². The molecule has 2 aromatic heterocycles. The number of benzene rings is 1. The van der Waals surface area contributed by atoms with E-state index in [4.69, 9.17) is 0 Å². The molecule has 0 radical (unpaired) electrons. The fourth-order valence-electron chi connectivity index (χ4n) is 2.59. The first-order valence-electron chi connectivity index (χ1n) is 8.19. The topological polar surface area (TPSA) is 97.1 Å². The Morgan fingerprint density at radius 2 is 2.04 bits per heavy atom. The van der Waals surface area contributed by atoms with E-state index in [0.717, 1.165) is 11.3 Å². The van der Waals surface area contributed by atoms with Gasteiger partial charge in [0.05, 0.1) is 5.71 Å². The van der Waals surface area contributed by atoms with Crippen molar-refractivity contribution in [2.24, 2.45) is 12.1 Å². The Bertz CT molecular complexity index is 1100. The monoisotopic (exact) mass is 352 g/mol. The van der Waals surface area contributed by atoms with E-state index in [1.807, 2.05) is 56.3 Å². The Morgan fingerprint density at radius 3 is 2.73 bits per heavy atom. The second-order valence-electron chi connectivity index (χ2n) is 5.78. The number of allylic oxidation sites excluding steroid dienone is 2. The van der Waals surface area contributed by atoms with Gasteiger partial charge in [-0.15, -0.1) is 0 Å². The van der Waals surface area contributed by atoms with Crippen LogP contribution >= 0.6 is 0 Å². The predicted octanol–water partition coefficient (Wildman–Crippen LogP) is 1.84. The van der Waals surface area contributed by atoms with E-state index in [2.05, 4.69) is 20.5 Å². The Hall–Kier alpha value is -3.42. The van der Waals surface area contributed by atoms with E-state index in [-0.39, 0.29) is 0 Å². The van der Waals surface area contributed by atoms with Gasteiger partial charge >= 0.3 is 5.69 Å². The molecule has 0 aliphatic rings. The molecule has 0 aliphatic carbocycles. The lowest BCUT2D eigenvalue weighted by atomic mass is 10.1. The number of H-pyrrole nitrogens is 1. The van der Waals surface area contributed by atoms with Gasteiger partial charge in [-0.2, -0.15) is 10.1 Å². The fourth-order valence-corrected chi connectivity index (χ4v) is 2.59. The van der Waals surface area contributed by atoms with Crippen LogP contribution in [0, 0.1) is 0 Å². The number of aryl methyl sites for hydroxylation is 1. The summed E-state index contributed by atoms with van der Waals surface area (Å²) in [5.41, 5.74) is 4.31. The molecule has 1 aromatic carbocycles. The van der Waals surface area contributed by atoms with Crippen molar-refractivity contribution in [2.75, 3.05) is 5.43 Å². The molecule has 8 heteroatoms. The van der Waals surface area contributed by atoms with Crippen LogP contribution in [-0.2, 0) is 13.6 Å². The van der Waals surface area contributed by atoms with Gasteiger partial charge in [-0.3, -0.25) is 18.9 Å². The average Bonchev–Trinajstić information content (AvgIpc) is 3.02. The molecular formula is C18H20N6O2. The zero-order chi connectivity index (χ0) is 18.7. The lowest BCUT2D eigenvalue weighted by Crippen LogP contribution is -2.29. The number of anilines is 1. The van der Waals surface area contributed by atoms with Gasteiger partial charge in [0.15, 0.2) is 11.2 Å². The number of aromatic nitrogens is 4. The van der Waals surface area contributed by atoms with Crippen molar-refractivity contribution in [1.29, 1.82) is 0 Å². The third kappa shape index (κ3) is 3.21. The zero-order valence-corrected chi connectivity index (χ0v) is 14.9. The molecule has 134 valence electrons. The summed E-state index contributed by atoms with van der Waals surface area (Å²) in [4.78, 5) is 30.8. The largest absolute Gasteiger partial charge is 0.329 e. The van der Waals surface area contributed by atoms with Gasteiger partial charge in [0.1, 0.15) is 0 Å². The van der Waals surface area contributed by atoms with E-state index < -0.39 is 11.2 Å². The van der Waals surface area contributed by atoms with Crippen LogP contribution in [0.3, 0.4) is 0 Å². The van der Waals surface area contributed by atoms with Crippen molar-refractivity contribution in [3.8, 4) is 0 Å². The highest BCUT2D eigenvalue weighted by Gasteiger charge is 2.16. The Labute approximate surface area is 149 Å². The first-order chi connectivity index (χ1) is 12.5. The van der Waals surface area contributed by atoms with Crippen LogP contribution < -0.4 is 16.7 Å². The molecule has 3 rings (SSSR count). The SMILES string of the molecule is C/C=C/Cn1c(N/N=C(\C)c2ccccc2)nc2c1c(=O)[nH]c(=O)n2C. The first-order valence-corrected chi connectivity index (χ1v) is 8.19. The second kappa shape index (κ2) is 7.22.